The first-order valence-electron chi connectivity index (χ1n) is 21.3. The first kappa shape index (κ1) is 47.4. The second-order valence-electron chi connectivity index (χ2n) is 14.4. The molecule has 0 aromatic rings. The second kappa shape index (κ2) is 40.8. The smallest absolute Gasteiger partial charge is 0.220 e. The number of hydrogen-bond donors (Lipinski definition) is 3. The van der Waals surface area contributed by atoms with Gasteiger partial charge in [-0.05, 0) is 51.4 Å². The van der Waals surface area contributed by atoms with Gasteiger partial charge in [0.05, 0.1) is 18.8 Å². The first-order valence-corrected chi connectivity index (χ1v) is 21.3. The maximum Gasteiger partial charge on any atom is 0.220 e. The molecule has 2 unspecified atom stereocenters. The summed E-state index contributed by atoms with van der Waals surface area (Å²) in [7, 11) is 0. The number of amides is 1. The van der Waals surface area contributed by atoms with Gasteiger partial charge in [-0.25, -0.2) is 0 Å². The van der Waals surface area contributed by atoms with E-state index in [1.54, 1.807) is 0 Å². The van der Waals surface area contributed by atoms with Crippen molar-refractivity contribution >= 4 is 5.91 Å². The zero-order valence-corrected chi connectivity index (χ0v) is 32.7. The number of carbonyl (C=O) groups excluding carboxylic acids is 1. The van der Waals surface area contributed by atoms with Crippen molar-refractivity contribution in [2.24, 2.45) is 0 Å². The Balaban J connectivity index is 3.57. The van der Waals surface area contributed by atoms with Gasteiger partial charge in [-0.1, -0.05) is 204 Å². The highest BCUT2D eigenvalue weighted by molar-refractivity contribution is 5.76. The van der Waals surface area contributed by atoms with E-state index in [1.165, 1.54) is 122 Å². The quantitative estimate of drug-likeness (QED) is 0.0447. The summed E-state index contributed by atoms with van der Waals surface area (Å²) >= 11 is 0. The molecule has 4 nitrogen and oxygen atoms in total. The number of allylic oxidation sites excluding steroid dienone is 8. The fourth-order valence-corrected chi connectivity index (χ4v) is 6.35. The largest absolute Gasteiger partial charge is 0.394 e. The minimum atomic E-state index is -0.666. The van der Waals surface area contributed by atoms with Crippen LogP contribution in [0, 0.1) is 0 Å². The van der Waals surface area contributed by atoms with Crippen LogP contribution in [-0.4, -0.2) is 34.9 Å². The summed E-state index contributed by atoms with van der Waals surface area (Å²) in [6.07, 6.45) is 54.6. The Labute approximate surface area is 305 Å². The fraction of sp³-hybridized carbons (Fsp3) is 0.800. The fourth-order valence-electron chi connectivity index (χ4n) is 6.35. The standard InChI is InChI=1S/C45H83NO3/c1-3-5-7-9-11-13-15-17-19-21-23-25-27-29-31-33-35-37-39-41-45(49)46-43(42-47)44(48)40-38-36-34-32-30-28-26-24-22-20-18-16-14-12-10-8-6-4-2/h5,7,11,13,17,19,23,25,43-44,47-48H,3-4,6,8-10,12,14-16,18,20-22,24,26-42H2,1-2H3,(H,46,49)/b7-5-,13-11-,19-17-,25-23-. The van der Waals surface area contributed by atoms with E-state index >= 15 is 0 Å². The zero-order valence-electron chi connectivity index (χ0n) is 32.7. The van der Waals surface area contributed by atoms with Crippen LogP contribution in [0.4, 0.5) is 0 Å². The molecule has 0 aliphatic rings. The van der Waals surface area contributed by atoms with E-state index in [4.69, 9.17) is 0 Å². The van der Waals surface area contributed by atoms with Crippen molar-refractivity contribution in [1.82, 2.24) is 5.32 Å². The van der Waals surface area contributed by atoms with Gasteiger partial charge in [-0.3, -0.25) is 4.79 Å². The molecule has 0 aromatic heterocycles. The van der Waals surface area contributed by atoms with Crippen molar-refractivity contribution in [2.45, 2.75) is 225 Å². The van der Waals surface area contributed by atoms with Gasteiger partial charge < -0.3 is 15.5 Å². The Bertz CT molecular complexity index is 786. The van der Waals surface area contributed by atoms with E-state index in [0.717, 1.165) is 64.2 Å². The molecule has 2 atom stereocenters. The summed E-state index contributed by atoms with van der Waals surface area (Å²) in [5.41, 5.74) is 0. The lowest BCUT2D eigenvalue weighted by molar-refractivity contribution is -0.123. The van der Waals surface area contributed by atoms with Crippen LogP contribution in [0.5, 0.6) is 0 Å². The molecule has 0 heterocycles. The molecule has 0 aliphatic carbocycles. The summed E-state index contributed by atoms with van der Waals surface area (Å²) in [5, 5.41) is 23.2. The molecule has 0 aliphatic heterocycles. The van der Waals surface area contributed by atoms with Gasteiger partial charge in [0, 0.05) is 6.42 Å². The molecule has 0 aromatic carbocycles. The van der Waals surface area contributed by atoms with Crippen LogP contribution >= 0.6 is 0 Å². The normalized spacial score (nSPS) is 13.5. The average Bonchev–Trinajstić information content (AvgIpc) is 3.10. The van der Waals surface area contributed by atoms with E-state index in [9.17, 15) is 15.0 Å². The number of nitrogens with one attached hydrogen (secondary N) is 1. The lowest BCUT2D eigenvalue weighted by atomic mass is 10.0. The predicted octanol–water partition coefficient (Wildman–Crippen LogP) is 13.2. The number of aliphatic hydroxyl groups is 2. The topological polar surface area (TPSA) is 69.6 Å². The third-order valence-electron chi connectivity index (χ3n) is 9.60. The Morgan fingerprint density at radius 3 is 1.35 bits per heavy atom. The van der Waals surface area contributed by atoms with Crippen LogP contribution in [-0.2, 0) is 4.79 Å². The molecule has 0 rings (SSSR count). The van der Waals surface area contributed by atoms with Crippen molar-refractivity contribution in [3.05, 3.63) is 48.6 Å². The Kier molecular flexibility index (Phi) is 39.4. The highest BCUT2D eigenvalue weighted by Crippen LogP contribution is 2.16. The van der Waals surface area contributed by atoms with Crippen molar-refractivity contribution in [3.8, 4) is 0 Å². The summed E-state index contributed by atoms with van der Waals surface area (Å²) in [4.78, 5) is 12.4. The number of rotatable bonds is 38. The summed E-state index contributed by atoms with van der Waals surface area (Å²) in [6.45, 7) is 4.24. The number of aliphatic hydroxyl groups excluding tert-OH is 2. The Morgan fingerprint density at radius 1 is 0.510 bits per heavy atom. The van der Waals surface area contributed by atoms with E-state index in [2.05, 4.69) is 67.8 Å². The molecule has 49 heavy (non-hydrogen) atoms. The van der Waals surface area contributed by atoms with Crippen LogP contribution in [0.25, 0.3) is 0 Å². The van der Waals surface area contributed by atoms with Crippen molar-refractivity contribution in [3.63, 3.8) is 0 Å². The van der Waals surface area contributed by atoms with Crippen molar-refractivity contribution in [2.75, 3.05) is 6.61 Å². The summed E-state index contributed by atoms with van der Waals surface area (Å²) < 4.78 is 0. The monoisotopic (exact) mass is 686 g/mol. The summed E-state index contributed by atoms with van der Waals surface area (Å²) in [6, 6.07) is -0.545. The molecule has 0 saturated heterocycles. The predicted molar refractivity (Wildman–Crippen MR) is 216 cm³/mol. The molecule has 0 radical (unpaired) electrons. The van der Waals surface area contributed by atoms with Gasteiger partial charge in [0.2, 0.25) is 5.91 Å². The lowest BCUT2D eigenvalue weighted by Crippen LogP contribution is -2.45. The van der Waals surface area contributed by atoms with Crippen LogP contribution in [0.1, 0.15) is 213 Å². The maximum atomic E-state index is 12.4. The molecular formula is C45H83NO3. The van der Waals surface area contributed by atoms with Crippen LogP contribution < -0.4 is 5.32 Å². The highest BCUT2D eigenvalue weighted by Gasteiger charge is 2.19. The van der Waals surface area contributed by atoms with E-state index in [1.807, 2.05) is 0 Å². The highest BCUT2D eigenvalue weighted by atomic mass is 16.3. The van der Waals surface area contributed by atoms with E-state index in [0.29, 0.717) is 12.8 Å². The molecule has 286 valence electrons. The van der Waals surface area contributed by atoms with E-state index in [-0.39, 0.29) is 12.5 Å². The maximum absolute atomic E-state index is 12.4. The minimum Gasteiger partial charge on any atom is -0.394 e. The molecule has 0 bridgehead atoms. The molecule has 0 saturated carbocycles. The number of hydrogen-bond acceptors (Lipinski definition) is 3. The first-order chi connectivity index (χ1) is 24.2. The Morgan fingerprint density at radius 2 is 0.898 bits per heavy atom. The van der Waals surface area contributed by atoms with Crippen LogP contribution in [0.2, 0.25) is 0 Å². The van der Waals surface area contributed by atoms with Gasteiger partial charge in [-0.15, -0.1) is 0 Å². The van der Waals surface area contributed by atoms with Crippen molar-refractivity contribution < 1.29 is 15.0 Å². The van der Waals surface area contributed by atoms with Crippen LogP contribution in [0.3, 0.4) is 0 Å². The Hall–Kier alpha value is -1.65. The average molecular weight is 686 g/mol. The molecule has 4 heteroatoms. The zero-order chi connectivity index (χ0) is 35.7. The molecular weight excluding hydrogens is 602 g/mol. The van der Waals surface area contributed by atoms with E-state index < -0.39 is 12.1 Å². The molecule has 0 fully saturated rings. The van der Waals surface area contributed by atoms with Crippen LogP contribution in [0.15, 0.2) is 48.6 Å². The third kappa shape index (κ3) is 37.4. The number of carbonyl (C=O) groups is 1. The van der Waals surface area contributed by atoms with Gasteiger partial charge in [-0.2, -0.15) is 0 Å². The number of unbranched alkanes of at least 4 members (excludes halogenated alkanes) is 23. The van der Waals surface area contributed by atoms with Gasteiger partial charge in [0.1, 0.15) is 0 Å². The second-order valence-corrected chi connectivity index (χ2v) is 14.4. The van der Waals surface area contributed by atoms with Gasteiger partial charge in [0.15, 0.2) is 0 Å². The lowest BCUT2D eigenvalue weighted by Gasteiger charge is -2.22. The van der Waals surface area contributed by atoms with Crippen molar-refractivity contribution in [1.29, 1.82) is 0 Å². The summed E-state index contributed by atoms with van der Waals surface area (Å²) in [5.74, 6) is -0.0461. The SMILES string of the molecule is CC/C=C\C/C=C\C/C=C\C/C=C\CCCCCCCCC(=O)NC(CO)C(O)CCCCCCCCCCCCCCCCCCCC. The molecule has 3 N–H and O–H groups in total. The van der Waals surface area contributed by atoms with Gasteiger partial charge in [0.25, 0.3) is 0 Å². The third-order valence-corrected chi connectivity index (χ3v) is 9.60. The molecule has 1 amide bonds. The van der Waals surface area contributed by atoms with Gasteiger partial charge >= 0.3 is 0 Å². The minimum absolute atomic E-state index is 0.0461. The molecule has 0 spiro atoms.